The molecule has 2 atom stereocenters. The first kappa shape index (κ1) is 10.4. The Labute approximate surface area is 90.7 Å². The average Bonchev–Trinajstić information content (AvgIpc) is 2.66. The summed E-state index contributed by atoms with van der Waals surface area (Å²) in [6.45, 7) is 6.40. The molecule has 0 amide bonds. The van der Waals surface area contributed by atoms with Gasteiger partial charge in [-0.1, -0.05) is 13.8 Å². The molecule has 3 nitrogen and oxygen atoms in total. The molecule has 2 N–H and O–H groups in total. The number of rotatable bonds is 2. The van der Waals surface area contributed by atoms with E-state index < -0.39 is 0 Å². The van der Waals surface area contributed by atoms with Crippen LogP contribution in [-0.4, -0.2) is 18.1 Å². The highest BCUT2D eigenvalue weighted by molar-refractivity contribution is 5.37. The lowest BCUT2D eigenvalue weighted by Gasteiger charge is -2.06. The molecule has 1 fully saturated rings. The fraction of sp³-hybridized carbons (Fsp3) is 0.583. The number of ether oxygens (including phenoxy) is 1. The Bertz CT molecular complexity index is 387. The van der Waals surface area contributed by atoms with Crippen LogP contribution in [0, 0.1) is 12.3 Å². The molecule has 0 aliphatic heterocycles. The predicted molar refractivity (Wildman–Crippen MR) is 60.0 cm³/mol. The Morgan fingerprint density at radius 2 is 2.07 bits per heavy atom. The van der Waals surface area contributed by atoms with Crippen molar-refractivity contribution in [2.24, 2.45) is 11.1 Å². The molecule has 0 bridgehead atoms. The Morgan fingerprint density at radius 1 is 1.47 bits per heavy atom. The topological polar surface area (TPSA) is 48.1 Å². The van der Waals surface area contributed by atoms with Gasteiger partial charge in [-0.3, -0.25) is 0 Å². The van der Waals surface area contributed by atoms with E-state index in [1.54, 1.807) is 7.11 Å². The highest BCUT2D eigenvalue weighted by Crippen LogP contribution is 2.57. The van der Waals surface area contributed by atoms with E-state index >= 15 is 0 Å². The van der Waals surface area contributed by atoms with Crippen molar-refractivity contribution in [1.29, 1.82) is 0 Å². The number of hydrogen-bond acceptors (Lipinski definition) is 3. The molecule has 1 heterocycles. The van der Waals surface area contributed by atoms with Gasteiger partial charge >= 0.3 is 0 Å². The molecule has 15 heavy (non-hydrogen) atoms. The number of hydrogen-bond donors (Lipinski definition) is 1. The highest BCUT2D eigenvalue weighted by atomic mass is 16.5. The van der Waals surface area contributed by atoms with Crippen LogP contribution in [0.4, 0.5) is 0 Å². The summed E-state index contributed by atoms with van der Waals surface area (Å²) >= 11 is 0. The van der Waals surface area contributed by atoms with Crippen molar-refractivity contribution >= 4 is 0 Å². The van der Waals surface area contributed by atoms with Crippen molar-refractivity contribution in [1.82, 2.24) is 4.98 Å². The van der Waals surface area contributed by atoms with E-state index in [0.717, 1.165) is 5.56 Å². The van der Waals surface area contributed by atoms with Gasteiger partial charge in [0.25, 0.3) is 0 Å². The predicted octanol–water partition coefficient (Wildman–Crippen LogP) is 1.85. The van der Waals surface area contributed by atoms with Gasteiger partial charge in [-0.25, -0.2) is 4.98 Å². The second-order valence-electron chi connectivity index (χ2n) is 4.92. The minimum Gasteiger partial charge on any atom is -0.481 e. The van der Waals surface area contributed by atoms with Crippen LogP contribution in [0.25, 0.3) is 0 Å². The molecule has 1 saturated carbocycles. The number of aryl methyl sites for hydroxylation is 1. The van der Waals surface area contributed by atoms with Crippen LogP contribution in [0.5, 0.6) is 5.88 Å². The van der Waals surface area contributed by atoms with Gasteiger partial charge in [-0.15, -0.1) is 0 Å². The molecule has 0 spiro atoms. The second kappa shape index (κ2) is 3.20. The minimum absolute atomic E-state index is 0.211. The van der Waals surface area contributed by atoms with Gasteiger partial charge in [0.2, 0.25) is 5.88 Å². The van der Waals surface area contributed by atoms with E-state index in [9.17, 15) is 0 Å². The second-order valence-corrected chi connectivity index (χ2v) is 4.92. The number of nitrogens with zero attached hydrogens (tertiary/aromatic N) is 1. The zero-order chi connectivity index (χ0) is 11.2. The number of aromatic nitrogens is 1. The van der Waals surface area contributed by atoms with Gasteiger partial charge in [0.1, 0.15) is 0 Å². The van der Waals surface area contributed by atoms with E-state index in [0.29, 0.717) is 11.8 Å². The first-order valence-electron chi connectivity index (χ1n) is 5.24. The normalized spacial score (nSPS) is 27.5. The van der Waals surface area contributed by atoms with Crippen molar-refractivity contribution in [3.63, 3.8) is 0 Å². The lowest BCUT2D eigenvalue weighted by Crippen LogP contribution is -2.06. The van der Waals surface area contributed by atoms with Crippen LogP contribution in [0.15, 0.2) is 12.3 Å². The zero-order valence-corrected chi connectivity index (χ0v) is 9.74. The van der Waals surface area contributed by atoms with Crippen LogP contribution >= 0.6 is 0 Å². The van der Waals surface area contributed by atoms with Gasteiger partial charge in [0.05, 0.1) is 7.11 Å². The lowest BCUT2D eigenvalue weighted by atomic mass is 10.0. The number of pyridine rings is 1. The van der Waals surface area contributed by atoms with Crippen molar-refractivity contribution in [2.45, 2.75) is 32.7 Å². The van der Waals surface area contributed by atoms with E-state index in [4.69, 9.17) is 10.5 Å². The quantitative estimate of drug-likeness (QED) is 0.803. The molecule has 1 aromatic heterocycles. The molecule has 1 aliphatic carbocycles. The Morgan fingerprint density at radius 3 is 2.47 bits per heavy atom. The van der Waals surface area contributed by atoms with Crippen LogP contribution in [0.1, 0.15) is 30.9 Å². The average molecular weight is 206 g/mol. The fourth-order valence-electron chi connectivity index (χ4n) is 2.28. The molecule has 0 aromatic carbocycles. The van der Waals surface area contributed by atoms with Crippen molar-refractivity contribution in [3.05, 3.63) is 23.4 Å². The molecule has 1 aromatic rings. The smallest absolute Gasteiger partial charge is 0.215 e. The van der Waals surface area contributed by atoms with Crippen molar-refractivity contribution in [2.75, 3.05) is 7.11 Å². The molecular formula is C12H18N2O. The standard InChI is InChI=1S/C12H18N2O/c1-7-5-8(6-14-11(7)15-4)9-10(13)12(9,2)3/h5-6,9-10H,13H2,1-4H3/t9-,10-/m0/s1. The summed E-state index contributed by atoms with van der Waals surface area (Å²) < 4.78 is 5.14. The molecule has 82 valence electrons. The van der Waals surface area contributed by atoms with Gasteiger partial charge in [-0.2, -0.15) is 0 Å². The summed E-state index contributed by atoms with van der Waals surface area (Å²) in [6.07, 6.45) is 1.88. The number of nitrogens with two attached hydrogens (primary N) is 1. The fourth-order valence-corrected chi connectivity index (χ4v) is 2.28. The SMILES string of the molecule is COc1ncc([C@H]2[C@H](N)C2(C)C)cc1C. The summed E-state index contributed by atoms with van der Waals surface area (Å²) in [6, 6.07) is 2.39. The molecule has 0 saturated heterocycles. The summed E-state index contributed by atoms with van der Waals surface area (Å²) in [7, 11) is 1.64. The third kappa shape index (κ3) is 1.51. The van der Waals surface area contributed by atoms with Gasteiger partial charge in [-0.05, 0) is 24.0 Å². The Hall–Kier alpha value is -1.09. The van der Waals surface area contributed by atoms with Crippen molar-refractivity contribution in [3.8, 4) is 5.88 Å². The molecular weight excluding hydrogens is 188 g/mol. The monoisotopic (exact) mass is 206 g/mol. The van der Waals surface area contributed by atoms with Crippen LogP contribution in [-0.2, 0) is 0 Å². The van der Waals surface area contributed by atoms with Crippen LogP contribution < -0.4 is 10.5 Å². The first-order chi connectivity index (χ1) is 6.98. The van der Waals surface area contributed by atoms with Crippen LogP contribution in [0.2, 0.25) is 0 Å². The lowest BCUT2D eigenvalue weighted by molar-refractivity contribution is 0.394. The van der Waals surface area contributed by atoms with E-state index in [2.05, 4.69) is 24.9 Å². The summed E-state index contributed by atoms with van der Waals surface area (Å²) in [5, 5.41) is 0. The van der Waals surface area contributed by atoms with E-state index in [1.165, 1.54) is 5.56 Å². The molecule has 0 unspecified atom stereocenters. The summed E-state index contributed by atoms with van der Waals surface area (Å²) in [4.78, 5) is 4.28. The minimum atomic E-state index is 0.211. The maximum atomic E-state index is 6.04. The Kier molecular flexibility index (Phi) is 2.23. The molecule has 1 aliphatic rings. The van der Waals surface area contributed by atoms with Crippen LogP contribution in [0.3, 0.4) is 0 Å². The first-order valence-corrected chi connectivity index (χ1v) is 5.24. The number of methoxy groups -OCH3 is 1. The third-order valence-electron chi connectivity index (χ3n) is 3.51. The maximum absolute atomic E-state index is 6.04. The van der Waals surface area contributed by atoms with Gasteiger partial charge in [0.15, 0.2) is 0 Å². The van der Waals surface area contributed by atoms with E-state index in [-0.39, 0.29) is 11.5 Å². The molecule has 3 heteroatoms. The Balaban J connectivity index is 2.29. The maximum Gasteiger partial charge on any atom is 0.215 e. The summed E-state index contributed by atoms with van der Waals surface area (Å²) in [5.41, 5.74) is 8.55. The molecule has 0 radical (unpaired) electrons. The van der Waals surface area contributed by atoms with Gasteiger partial charge in [0, 0.05) is 23.7 Å². The highest BCUT2D eigenvalue weighted by Gasteiger charge is 2.56. The largest absolute Gasteiger partial charge is 0.481 e. The summed E-state index contributed by atoms with van der Waals surface area (Å²) in [5.74, 6) is 1.14. The third-order valence-corrected chi connectivity index (χ3v) is 3.51. The molecule has 2 rings (SSSR count). The van der Waals surface area contributed by atoms with Gasteiger partial charge < -0.3 is 10.5 Å². The van der Waals surface area contributed by atoms with Crippen molar-refractivity contribution < 1.29 is 4.74 Å². The van der Waals surface area contributed by atoms with E-state index in [1.807, 2.05) is 13.1 Å². The zero-order valence-electron chi connectivity index (χ0n) is 9.74.